The molecule has 1 aromatic carbocycles. The third kappa shape index (κ3) is 3.86. The Morgan fingerprint density at radius 1 is 1.06 bits per heavy atom. The van der Waals surface area contributed by atoms with Gasteiger partial charge in [0.1, 0.15) is 0 Å². The van der Waals surface area contributed by atoms with Crippen molar-refractivity contribution >= 4 is 11.4 Å². The lowest BCUT2D eigenvalue weighted by Crippen LogP contribution is -2.34. The van der Waals surface area contributed by atoms with Crippen LogP contribution in [0.15, 0.2) is 48.4 Å². The van der Waals surface area contributed by atoms with Crippen molar-refractivity contribution in [1.29, 1.82) is 0 Å². The number of hydrogen-bond acceptors (Lipinski definition) is 3. The number of allylic oxidation sites excluding steroid dienone is 2. The van der Waals surface area contributed by atoms with Crippen molar-refractivity contribution in [3.05, 3.63) is 81.9 Å². The molecule has 0 saturated heterocycles. The fourth-order valence-corrected chi connectivity index (χ4v) is 4.99. The van der Waals surface area contributed by atoms with Crippen LogP contribution in [0.25, 0.3) is 5.57 Å². The molecule has 0 amide bonds. The summed E-state index contributed by atoms with van der Waals surface area (Å²) in [5.41, 5.74) is 8.81. The van der Waals surface area contributed by atoms with E-state index < -0.39 is 0 Å². The number of aliphatic hydroxyl groups is 1. The first-order valence-electron chi connectivity index (χ1n) is 11.2. The minimum atomic E-state index is 0.0428. The normalized spacial score (nSPS) is 19.5. The first-order chi connectivity index (χ1) is 14.5. The van der Waals surface area contributed by atoms with E-state index in [1.54, 1.807) is 6.20 Å². The summed E-state index contributed by atoms with van der Waals surface area (Å²) in [6, 6.07) is 8.65. The first kappa shape index (κ1) is 21.5. The Bertz CT molecular complexity index is 1100. The van der Waals surface area contributed by atoms with Crippen molar-refractivity contribution in [2.24, 2.45) is 0 Å². The van der Waals surface area contributed by atoms with Gasteiger partial charge < -0.3 is 5.11 Å². The number of fused-ring (bicyclic) bond motifs is 1. The van der Waals surface area contributed by atoms with Crippen LogP contribution in [-0.2, 0) is 22.0 Å². The molecule has 0 unspecified atom stereocenters. The molecule has 4 rings (SSSR count). The van der Waals surface area contributed by atoms with Crippen LogP contribution in [0.5, 0.6) is 0 Å². The van der Waals surface area contributed by atoms with Gasteiger partial charge in [0, 0.05) is 36.6 Å². The summed E-state index contributed by atoms with van der Waals surface area (Å²) in [5, 5.41) is 9.94. The fourth-order valence-electron chi connectivity index (χ4n) is 4.99. The van der Waals surface area contributed by atoms with Crippen LogP contribution in [0.1, 0.15) is 86.9 Å². The molecule has 1 heterocycles. The number of ketones is 1. The lowest BCUT2D eigenvalue weighted by molar-refractivity contribution is -0.115. The molecule has 0 spiro atoms. The highest BCUT2D eigenvalue weighted by molar-refractivity contribution is 5.98. The van der Waals surface area contributed by atoms with E-state index >= 15 is 0 Å². The summed E-state index contributed by atoms with van der Waals surface area (Å²) in [6.45, 7) is 15.9. The Morgan fingerprint density at radius 2 is 1.71 bits per heavy atom. The van der Waals surface area contributed by atoms with Gasteiger partial charge >= 0.3 is 0 Å². The number of rotatable bonds is 4. The average molecular weight is 416 g/mol. The minimum absolute atomic E-state index is 0.0428. The maximum absolute atomic E-state index is 11.9. The molecule has 3 heteroatoms. The van der Waals surface area contributed by atoms with Crippen molar-refractivity contribution in [2.45, 2.75) is 77.6 Å². The molecule has 2 aliphatic rings. The maximum atomic E-state index is 11.9. The second kappa shape index (κ2) is 7.47. The zero-order chi connectivity index (χ0) is 22.6. The molecule has 0 radical (unpaired) electrons. The van der Waals surface area contributed by atoms with Crippen LogP contribution in [0.2, 0.25) is 0 Å². The van der Waals surface area contributed by atoms with Gasteiger partial charge in [0.15, 0.2) is 5.78 Å². The van der Waals surface area contributed by atoms with E-state index in [1.807, 2.05) is 12.1 Å². The summed E-state index contributed by atoms with van der Waals surface area (Å²) in [7, 11) is 0. The number of nitrogens with zero attached hydrogens (tertiary/aromatic N) is 1. The highest BCUT2D eigenvalue weighted by Crippen LogP contribution is 2.47. The Kier molecular flexibility index (Phi) is 5.20. The lowest BCUT2D eigenvalue weighted by atomic mass is 9.62. The van der Waals surface area contributed by atoms with Gasteiger partial charge in [-0.3, -0.25) is 9.78 Å². The van der Waals surface area contributed by atoms with Crippen LogP contribution in [-0.4, -0.2) is 15.9 Å². The van der Waals surface area contributed by atoms with E-state index in [1.165, 1.54) is 29.5 Å². The Morgan fingerprint density at radius 3 is 2.26 bits per heavy atom. The second-order valence-electron chi connectivity index (χ2n) is 10.5. The number of aliphatic hydroxyl groups excluding tert-OH is 1. The lowest BCUT2D eigenvalue weighted by Gasteiger charge is -2.42. The quantitative estimate of drug-likeness (QED) is 0.618. The predicted molar refractivity (Wildman–Crippen MR) is 126 cm³/mol. The van der Waals surface area contributed by atoms with Crippen LogP contribution in [0.3, 0.4) is 0 Å². The maximum Gasteiger partial charge on any atom is 0.162 e. The fraction of sp³-hybridized carbons (Fsp3) is 0.429. The van der Waals surface area contributed by atoms with Crippen LogP contribution < -0.4 is 0 Å². The molecule has 2 aliphatic carbocycles. The van der Waals surface area contributed by atoms with E-state index in [-0.39, 0.29) is 22.4 Å². The topological polar surface area (TPSA) is 50.2 Å². The number of pyridine rings is 1. The van der Waals surface area contributed by atoms with Gasteiger partial charge in [-0.15, -0.1) is 0 Å². The summed E-state index contributed by atoms with van der Waals surface area (Å²) in [5.74, 6) is 0.273. The molecule has 2 aromatic rings. The molecule has 0 aliphatic heterocycles. The number of hydrogen-bond donors (Lipinski definition) is 1. The van der Waals surface area contributed by atoms with E-state index in [4.69, 9.17) is 0 Å². The van der Waals surface area contributed by atoms with Crippen LogP contribution >= 0.6 is 0 Å². The van der Waals surface area contributed by atoms with E-state index in [0.29, 0.717) is 24.8 Å². The van der Waals surface area contributed by atoms with Gasteiger partial charge in [0.2, 0.25) is 0 Å². The summed E-state index contributed by atoms with van der Waals surface area (Å²) in [4.78, 5) is 16.6. The second-order valence-corrected chi connectivity index (χ2v) is 10.5. The molecule has 162 valence electrons. The van der Waals surface area contributed by atoms with Crippen molar-refractivity contribution in [3.8, 4) is 0 Å². The van der Waals surface area contributed by atoms with Crippen LogP contribution in [0, 0.1) is 6.92 Å². The van der Waals surface area contributed by atoms with Gasteiger partial charge in [-0.05, 0) is 70.5 Å². The van der Waals surface area contributed by atoms with Gasteiger partial charge in [-0.25, -0.2) is 0 Å². The third-order valence-electron chi connectivity index (χ3n) is 7.31. The van der Waals surface area contributed by atoms with Gasteiger partial charge in [0.05, 0.1) is 11.5 Å². The van der Waals surface area contributed by atoms with Gasteiger partial charge in [0.25, 0.3) is 0 Å². The molecule has 1 N–H and O–H groups in total. The standard InChI is InChI=1S/C28H33NO2/c1-17-13-22-23(28(5,6)12-11-27(22,3)4)15-20(17)18(2)24-8-7-19(16-29-24)14-21-25(30)9-10-26(21)31/h7-8,13,15-16,30H,2,9-12,14H2,1,3-6H3. The summed E-state index contributed by atoms with van der Waals surface area (Å²) < 4.78 is 0. The molecular weight excluding hydrogens is 382 g/mol. The SMILES string of the molecule is C=C(c1ccc(CC2=C(O)CCC2=O)cn1)c1cc2c(cc1C)C(C)(C)CCC2(C)C. The van der Waals surface area contributed by atoms with E-state index in [9.17, 15) is 9.90 Å². The number of Topliss-reactive ketones (excluding diaryl/α,β-unsaturated/α-hetero) is 1. The van der Waals surface area contributed by atoms with Crippen molar-refractivity contribution < 1.29 is 9.90 Å². The minimum Gasteiger partial charge on any atom is -0.512 e. The molecule has 0 saturated carbocycles. The number of aromatic nitrogens is 1. The molecule has 0 bridgehead atoms. The average Bonchev–Trinajstić information content (AvgIpc) is 3.03. The third-order valence-corrected chi connectivity index (χ3v) is 7.31. The Labute approximate surface area is 185 Å². The van der Waals surface area contributed by atoms with E-state index in [2.05, 4.69) is 58.3 Å². The highest BCUT2D eigenvalue weighted by atomic mass is 16.3. The zero-order valence-corrected chi connectivity index (χ0v) is 19.4. The molecular formula is C28H33NO2. The zero-order valence-electron chi connectivity index (χ0n) is 19.4. The number of aryl methyl sites for hydroxylation is 1. The van der Waals surface area contributed by atoms with Crippen molar-refractivity contribution in [2.75, 3.05) is 0 Å². The van der Waals surface area contributed by atoms with Gasteiger partial charge in [-0.1, -0.05) is 46.4 Å². The van der Waals surface area contributed by atoms with Crippen LogP contribution in [0.4, 0.5) is 0 Å². The number of benzene rings is 1. The monoisotopic (exact) mass is 415 g/mol. The molecule has 1 aromatic heterocycles. The first-order valence-corrected chi connectivity index (χ1v) is 11.2. The highest BCUT2D eigenvalue weighted by Gasteiger charge is 2.37. The van der Waals surface area contributed by atoms with Gasteiger partial charge in [-0.2, -0.15) is 0 Å². The number of carbonyl (C=O) groups is 1. The van der Waals surface area contributed by atoms with Crippen molar-refractivity contribution in [1.82, 2.24) is 4.98 Å². The molecule has 3 nitrogen and oxygen atoms in total. The Hall–Kier alpha value is -2.68. The predicted octanol–water partition coefficient (Wildman–Crippen LogP) is 6.52. The summed E-state index contributed by atoms with van der Waals surface area (Å²) in [6.07, 6.45) is 5.48. The van der Waals surface area contributed by atoms with Crippen molar-refractivity contribution in [3.63, 3.8) is 0 Å². The smallest absolute Gasteiger partial charge is 0.162 e. The number of carbonyl (C=O) groups excluding carboxylic acids is 1. The molecule has 0 atom stereocenters. The molecule has 0 fully saturated rings. The summed E-state index contributed by atoms with van der Waals surface area (Å²) >= 11 is 0. The largest absolute Gasteiger partial charge is 0.512 e. The Balaban J connectivity index is 1.64. The van der Waals surface area contributed by atoms with E-state index in [0.717, 1.165) is 22.4 Å². The molecule has 31 heavy (non-hydrogen) atoms.